The largest absolute Gasteiger partial charge is 0.368 e. The highest BCUT2D eigenvalue weighted by molar-refractivity contribution is 5.98. The number of rotatable bonds is 26. The predicted octanol–water partition coefficient (Wildman–Crippen LogP) is 8.23. The number of carbonyl (C=O) groups is 3. The lowest BCUT2D eigenvalue weighted by atomic mass is 10.0. The van der Waals surface area contributed by atoms with Gasteiger partial charge in [-0.25, -0.2) is 0 Å². The van der Waals surface area contributed by atoms with E-state index in [1.165, 1.54) is 103 Å². The van der Waals surface area contributed by atoms with Gasteiger partial charge in [0.05, 0.1) is 0 Å². The molecular weight excluding hydrogens is 436 g/mol. The molecule has 0 aliphatic rings. The lowest BCUT2D eigenvalue weighted by Gasteiger charge is -2.19. The maximum absolute atomic E-state index is 12.6. The molecule has 0 heterocycles. The fourth-order valence-corrected chi connectivity index (χ4v) is 4.62. The molecule has 0 atom stereocenters. The Balaban J connectivity index is 3.89. The molecule has 2 N–H and O–H groups in total. The minimum Gasteiger partial charge on any atom is -0.368 e. The van der Waals surface area contributed by atoms with E-state index in [0.717, 1.165) is 43.4 Å². The summed E-state index contributed by atoms with van der Waals surface area (Å²) in [6.07, 6.45) is 27.4. The molecule has 0 unspecified atom stereocenters. The van der Waals surface area contributed by atoms with Crippen LogP contribution in [0.4, 0.5) is 0 Å². The molecule has 0 spiro atoms. The zero-order valence-corrected chi connectivity index (χ0v) is 23.4. The molecule has 0 aliphatic carbocycles. The van der Waals surface area contributed by atoms with E-state index in [4.69, 9.17) is 5.73 Å². The molecule has 0 bridgehead atoms. The molecule has 35 heavy (non-hydrogen) atoms. The number of carbonyl (C=O) groups excluding carboxylic acids is 3. The Labute approximate surface area is 217 Å². The van der Waals surface area contributed by atoms with Gasteiger partial charge in [-0.3, -0.25) is 19.3 Å². The first kappa shape index (κ1) is 33.6. The third kappa shape index (κ3) is 22.8. The number of amides is 3. The molecule has 0 radical (unpaired) electrons. The second-order valence-electron chi connectivity index (χ2n) is 10.4. The van der Waals surface area contributed by atoms with Crippen molar-refractivity contribution in [1.82, 2.24) is 4.90 Å². The molecule has 5 nitrogen and oxygen atoms in total. The highest BCUT2D eigenvalue weighted by Gasteiger charge is 2.22. The van der Waals surface area contributed by atoms with Crippen LogP contribution in [0.2, 0.25) is 0 Å². The topological polar surface area (TPSA) is 80.5 Å². The maximum Gasteiger partial charge on any atom is 0.237 e. The summed E-state index contributed by atoms with van der Waals surface area (Å²) in [5.74, 6) is -1.11. The Kier molecular flexibility index (Phi) is 24.7. The van der Waals surface area contributed by atoms with Crippen molar-refractivity contribution < 1.29 is 14.4 Å². The van der Waals surface area contributed by atoms with E-state index in [2.05, 4.69) is 13.8 Å². The van der Waals surface area contributed by atoms with E-state index in [0.29, 0.717) is 12.8 Å². The van der Waals surface area contributed by atoms with E-state index in [1.807, 2.05) is 0 Å². The second-order valence-corrected chi connectivity index (χ2v) is 10.4. The Bertz CT molecular complexity index is 484. The van der Waals surface area contributed by atoms with Gasteiger partial charge in [0.25, 0.3) is 0 Å². The molecular formula is C30H58N2O3. The number of nitrogens with zero attached hydrogens (tertiary/aromatic N) is 1. The van der Waals surface area contributed by atoms with Crippen LogP contribution in [0.1, 0.15) is 168 Å². The molecule has 0 saturated carbocycles. The minimum absolute atomic E-state index is 0.243. The molecule has 0 saturated heterocycles. The summed E-state index contributed by atoms with van der Waals surface area (Å²) in [6, 6.07) is 0. The van der Waals surface area contributed by atoms with Crippen molar-refractivity contribution in [3.8, 4) is 0 Å². The number of nitrogens with two attached hydrogens (primary N) is 1. The van der Waals surface area contributed by atoms with Crippen LogP contribution in [0, 0.1) is 0 Å². The average molecular weight is 495 g/mol. The molecule has 0 aromatic carbocycles. The summed E-state index contributed by atoms with van der Waals surface area (Å²) >= 11 is 0. The van der Waals surface area contributed by atoms with E-state index in [1.54, 1.807) is 0 Å². The quantitative estimate of drug-likeness (QED) is 0.123. The lowest BCUT2D eigenvalue weighted by Crippen LogP contribution is -2.42. The van der Waals surface area contributed by atoms with Crippen LogP contribution < -0.4 is 5.73 Å². The molecule has 0 aromatic heterocycles. The highest BCUT2D eigenvalue weighted by atomic mass is 16.2. The third-order valence-electron chi connectivity index (χ3n) is 6.90. The summed E-state index contributed by atoms with van der Waals surface area (Å²) in [5.41, 5.74) is 5.31. The first-order chi connectivity index (χ1) is 17.0. The minimum atomic E-state index is -0.621. The van der Waals surface area contributed by atoms with Crippen molar-refractivity contribution in [1.29, 1.82) is 0 Å². The average Bonchev–Trinajstić information content (AvgIpc) is 2.84. The zero-order chi connectivity index (χ0) is 26.0. The summed E-state index contributed by atoms with van der Waals surface area (Å²) in [4.78, 5) is 37.7. The highest BCUT2D eigenvalue weighted by Crippen LogP contribution is 2.14. The standard InChI is InChI=1S/C30H58N2O3/c1-3-5-7-9-11-13-15-17-19-21-23-25-29(34)32(27-28(31)33)30(35)26-24-22-20-18-16-14-12-10-8-6-4-2/h3-27H2,1-2H3,(H2,31,33). The number of unbranched alkanes of at least 4 members (excludes halogenated alkanes) is 20. The smallest absolute Gasteiger partial charge is 0.237 e. The normalized spacial score (nSPS) is 11.0. The van der Waals surface area contributed by atoms with Crippen LogP contribution in [0.25, 0.3) is 0 Å². The Hall–Kier alpha value is -1.39. The molecule has 0 aromatic rings. The van der Waals surface area contributed by atoms with Crippen LogP contribution in [0.5, 0.6) is 0 Å². The van der Waals surface area contributed by atoms with Crippen molar-refractivity contribution in [2.75, 3.05) is 6.54 Å². The fourth-order valence-electron chi connectivity index (χ4n) is 4.62. The predicted molar refractivity (Wildman–Crippen MR) is 148 cm³/mol. The Morgan fingerprint density at radius 1 is 0.457 bits per heavy atom. The maximum atomic E-state index is 12.6. The van der Waals surface area contributed by atoms with Gasteiger partial charge in [0.2, 0.25) is 17.7 Å². The molecule has 0 fully saturated rings. The van der Waals surface area contributed by atoms with Gasteiger partial charge in [0.1, 0.15) is 6.54 Å². The lowest BCUT2D eigenvalue weighted by molar-refractivity contribution is -0.147. The van der Waals surface area contributed by atoms with Gasteiger partial charge >= 0.3 is 0 Å². The van der Waals surface area contributed by atoms with Gasteiger partial charge in [0.15, 0.2) is 0 Å². The Morgan fingerprint density at radius 2 is 0.714 bits per heavy atom. The fraction of sp³-hybridized carbons (Fsp3) is 0.900. The van der Waals surface area contributed by atoms with Crippen molar-refractivity contribution in [2.45, 2.75) is 168 Å². The third-order valence-corrected chi connectivity index (χ3v) is 6.90. The second kappa shape index (κ2) is 25.7. The summed E-state index contributed by atoms with van der Waals surface area (Å²) < 4.78 is 0. The molecule has 5 heteroatoms. The van der Waals surface area contributed by atoms with Gasteiger partial charge in [-0.15, -0.1) is 0 Å². The van der Waals surface area contributed by atoms with E-state index >= 15 is 0 Å². The number of hydrogen-bond acceptors (Lipinski definition) is 3. The Morgan fingerprint density at radius 3 is 0.971 bits per heavy atom. The van der Waals surface area contributed by atoms with Gasteiger partial charge in [0, 0.05) is 12.8 Å². The van der Waals surface area contributed by atoms with Crippen molar-refractivity contribution >= 4 is 17.7 Å². The first-order valence-corrected chi connectivity index (χ1v) is 15.1. The van der Waals surface area contributed by atoms with Crippen LogP contribution in [-0.2, 0) is 14.4 Å². The van der Waals surface area contributed by atoms with Crippen molar-refractivity contribution in [2.24, 2.45) is 5.73 Å². The number of imide groups is 1. The SMILES string of the molecule is CCCCCCCCCCCCCC(=O)N(CC(N)=O)C(=O)CCCCCCCCCCCCC. The van der Waals surface area contributed by atoms with Crippen LogP contribution in [-0.4, -0.2) is 29.2 Å². The van der Waals surface area contributed by atoms with Crippen molar-refractivity contribution in [3.05, 3.63) is 0 Å². The van der Waals surface area contributed by atoms with Crippen LogP contribution in [0.3, 0.4) is 0 Å². The number of hydrogen-bond donors (Lipinski definition) is 1. The molecule has 206 valence electrons. The van der Waals surface area contributed by atoms with E-state index in [-0.39, 0.29) is 18.4 Å². The molecule has 3 amide bonds. The van der Waals surface area contributed by atoms with Gasteiger partial charge in [-0.1, -0.05) is 142 Å². The molecule has 0 aliphatic heterocycles. The van der Waals surface area contributed by atoms with Crippen LogP contribution >= 0.6 is 0 Å². The monoisotopic (exact) mass is 494 g/mol. The summed E-state index contributed by atoms with van der Waals surface area (Å²) in [5, 5.41) is 0. The van der Waals surface area contributed by atoms with Gasteiger partial charge in [-0.2, -0.15) is 0 Å². The zero-order valence-electron chi connectivity index (χ0n) is 23.4. The first-order valence-electron chi connectivity index (χ1n) is 15.1. The van der Waals surface area contributed by atoms with Gasteiger partial charge in [-0.05, 0) is 12.8 Å². The number of primary amides is 1. The van der Waals surface area contributed by atoms with Gasteiger partial charge < -0.3 is 5.73 Å². The van der Waals surface area contributed by atoms with E-state index < -0.39 is 5.91 Å². The van der Waals surface area contributed by atoms with Crippen molar-refractivity contribution in [3.63, 3.8) is 0 Å². The van der Waals surface area contributed by atoms with E-state index in [9.17, 15) is 14.4 Å². The summed E-state index contributed by atoms with van der Waals surface area (Å²) in [6.45, 7) is 4.20. The summed E-state index contributed by atoms with van der Waals surface area (Å²) in [7, 11) is 0. The molecule has 0 rings (SSSR count). The van der Waals surface area contributed by atoms with Crippen LogP contribution in [0.15, 0.2) is 0 Å².